The van der Waals surface area contributed by atoms with Crippen molar-refractivity contribution >= 4 is 29.4 Å². The average Bonchev–Trinajstić information content (AvgIpc) is 3.46. The highest BCUT2D eigenvalue weighted by molar-refractivity contribution is 6.04. The molecule has 0 saturated carbocycles. The minimum Gasteiger partial charge on any atom is -0.474 e. The standard InChI is InChI=1S/C37H58N6O6.C2H6/c1-27-24-41-34(35(46)42-30(36(47)48-6)20-15-17-23-39-28(2)49-37(3,4)5)33(27)43-31(44)21-14-9-7-8-10-16-22-38-26-32(45)40-25-29-18-12-11-13-19-29;1-2/h11-13,18-19,24,30,38-39,41H,2,7-10,14-17,20-23,25-26H2,1,3-6H3,(H,40,45)(H,42,46)(H,43,44);1-2H3/p+1/t30-;/m1./s1. The fourth-order valence-corrected chi connectivity index (χ4v) is 5.18. The Morgan fingerprint density at radius 3 is 2.24 bits per heavy atom. The Morgan fingerprint density at radius 1 is 0.902 bits per heavy atom. The van der Waals surface area contributed by atoms with Gasteiger partial charge in [0, 0.05) is 25.7 Å². The van der Waals surface area contributed by atoms with Crippen LogP contribution in [0.5, 0.6) is 0 Å². The molecule has 0 aliphatic heterocycles. The van der Waals surface area contributed by atoms with E-state index in [9.17, 15) is 19.2 Å². The van der Waals surface area contributed by atoms with Gasteiger partial charge in [-0.05, 0) is 83.9 Å². The Hall–Kier alpha value is -4.32. The number of aromatic amines is 1. The molecule has 0 spiro atoms. The highest BCUT2D eigenvalue weighted by Crippen LogP contribution is 2.21. The SMILES string of the molecule is C=C(NCCCC[C@@H](NC(=O)c1[nH]cc(C)c1NC(=O)CCCCCCCC[NH2+]CC(=O)NCc1ccccc1)C(=O)OC)OC(C)(C)C.CC. The molecule has 0 saturated heterocycles. The van der Waals surface area contributed by atoms with E-state index in [1.165, 1.54) is 7.11 Å². The van der Waals surface area contributed by atoms with Crippen molar-refractivity contribution in [1.29, 1.82) is 0 Å². The molecule has 0 unspecified atom stereocenters. The number of nitrogens with one attached hydrogen (secondary N) is 5. The topological polar surface area (TPSA) is 167 Å². The number of aromatic nitrogens is 1. The predicted octanol–water partition coefficient (Wildman–Crippen LogP) is 5.22. The number of benzene rings is 1. The van der Waals surface area contributed by atoms with Crippen LogP contribution in [0, 0.1) is 6.92 Å². The summed E-state index contributed by atoms with van der Waals surface area (Å²) in [5, 5.41) is 13.7. The first-order valence-electron chi connectivity index (χ1n) is 18.5. The third-order valence-corrected chi connectivity index (χ3v) is 7.76. The smallest absolute Gasteiger partial charge is 0.328 e. The first-order valence-corrected chi connectivity index (χ1v) is 18.5. The van der Waals surface area contributed by atoms with Crippen molar-refractivity contribution in [3.8, 4) is 0 Å². The number of aryl methyl sites for hydroxylation is 1. The fourth-order valence-electron chi connectivity index (χ4n) is 5.18. The molecule has 1 atom stereocenters. The van der Waals surface area contributed by atoms with Crippen molar-refractivity contribution in [1.82, 2.24) is 20.9 Å². The predicted molar refractivity (Wildman–Crippen MR) is 203 cm³/mol. The fraction of sp³-hybridized carbons (Fsp3) is 0.590. The zero-order valence-electron chi connectivity index (χ0n) is 32.2. The number of carbonyl (C=O) groups excluding carboxylic acids is 4. The lowest BCUT2D eigenvalue weighted by Gasteiger charge is -2.23. The van der Waals surface area contributed by atoms with Crippen LogP contribution in [0.3, 0.4) is 0 Å². The second-order valence-corrected chi connectivity index (χ2v) is 13.3. The molecule has 51 heavy (non-hydrogen) atoms. The van der Waals surface area contributed by atoms with Gasteiger partial charge in [0.15, 0.2) is 12.4 Å². The summed E-state index contributed by atoms with van der Waals surface area (Å²) in [4.78, 5) is 53.3. The zero-order chi connectivity index (χ0) is 38.1. The van der Waals surface area contributed by atoms with Crippen LogP contribution in [-0.2, 0) is 30.4 Å². The molecular weight excluding hydrogens is 648 g/mol. The summed E-state index contributed by atoms with van der Waals surface area (Å²) >= 11 is 0. The van der Waals surface area contributed by atoms with Gasteiger partial charge in [0.05, 0.1) is 19.3 Å². The number of hydrogen-bond acceptors (Lipinski definition) is 7. The maximum Gasteiger partial charge on any atom is 0.328 e. The number of methoxy groups -OCH3 is 1. The maximum atomic E-state index is 13.2. The second kappa shape index (κ2) is 25.6. The van der Waals surface area contributed by atoms with Crippen LogP contribution >= 0.6 is 0 Å². The van der Waals surface area contributed by atoms with Crippen LogP contribution in [-0.4, -0.2) is 67.1 Å². The van der Waals surface area contributed by atoms with Gasteiger partial charge in [-0.1, -0.05) is 63.4 Å². The lowest BCUT2D eigenvalue weighted by Crippen LogP contribution is -2.86. The van der Waals surface area contributed by atoms with E-state index < -0.39 is 17.9 Å². The van der Waals surface area contributed by atoms with E-state index in [0.717, 1.165) is 62.6 Å². The lowest BCUT2D eigenvalue weighted by molar-refractivity contribution is -0.644. The monoisotopic (exact) mass is 713 g/mol. The number of esters is 1. The quantitative estimate of drug-likeness (QED) is 0.0493. The van der Waals surface area contributed by atoms with Crippen LogP contribution in [0.25, 0.3) is 0 Å². The largest absolute Gasteiger partial charge is 0.474 e. The summed E-state index contributed by atoms with van der Waals surface area (Å²) in [6.45, 7) is 18.0. The van der Waals surface area contributed by atoms with Crippen molar-refractivity contribution in [3.05, 3.63) is 65.8 Å². The Morgan fingerprint density at radius 2 is 1.57 bits per heavy atom. The van der Waals surface area contributed by atoms with Gasteiger partial charge in [-0.3, -0.25) is 14.4 Å². The molecule has 3 amide bonds. The van der Waals surface area contributed by atoms with E-state index in [2.05, 4.69) is 32.8 Å². The molecule has 0 bridgehead atoms. The molecule has 2 rings (SSSR count). The van der Waals surface area contributed by atoms with E-state index in [4.69, 9.17) is 9.47 Å². The number of carbonyl (C=O) groups is 4. The van der Waals surface area contributed by atoms with Gasteiger partial charge in [0.25, 0.3) is 11.8 Å². The lowest BCUT2D eigenvalue weighted by atomic mass is 10.1. The van der Waals surface area contributed by atoms with Crippen molar-refractivity contribution in [2.45, 2.75) is 124 Å². The molecule has 12 heteroatoms. The Balaban J connectivity index is 0.00000638. The Kier molecular flexibility index (Phi) is 22.4. The first-order chi connectivity index (χ1) is 24.4. The molecule has 286 valence electrons. The highest BCUT2D eigenvalue weighted by Gasteiger charge is 2.25. The molecule has 0 radical (unpaired) electrons. The van der Waals surface area contributed by atoms with Gasteiger partial charge < -0.3 is 41.0 Å². The molecule has 1 aromatic carbocycles. The van der Waals surface area contributed by atoms with Crippen molar-refractivity contribution in [2.24, 2.45) is 0 Å². The summed E-state index contributed by atoms with van der Waals surface area (Å²) in [6, 6.07) is 9.04. The molecule has 12 nitrogen and oxygen atoms in total. The Bertz CT molecular complexity index is 1320. The van der Waals surface area contributed by atoms with Crippen LogP contribution in [0.15, 0.2) is 49.0 Å². The molecule has 0 aliphatic carbocycles. The zero-order valence-corrected chi connectivity index (χ0v) is 32.2. The summed E-state index contributed by atoms with van der Waals surface area (Å²) < 4.78 is 10.6. The van der Waals surface area contributed by atoms with Crippen LogP contribution in [0.1, 0.15) is 120 Å². The first kappa shape index (κ1) is 44.7. The maximum absolute atomic E-state index is 13.2. The number of nitrogens with two attached hydrogens (primary N) is 1. The van der Waals surface area contributed by atoms with E-state index in [-0.39, 0.29) is 23.1 Å². The van der Waals surface area contributed by atoms with Crippen molar-refractivity contribution in [3.63, 3.8) is 0 Å². The normalized spacial score (nSPS) is 11.4. The van der Waals surface area contributed by atoms with E-state index in [1.54, 1.807) is 13.1 Å². The van der Waals surface area contributed by atoms with Crippen LogP contribution in [0.4, 0.5) is 5.69 Å². The average molecular weight is 714 g/mol. The van der Waals surface area contributed by atoms with E-state index in [1.807, 2.05) is 70.3 Å². The number of hydrogen-bond donors (Lipinski definition) is 6. The van der Waals surface area contributed by atoms with Crippen LogP contribution < -0.4 is 26.6 Å². The number of amides is 3. The van der Waals surface area contributed by atoms with E-state index in [0.29, 0.717) is 50.5 Å². The van der Waals surface area contributed by atoms with Gasteiger partial charge in [-0.15, -0.1) is 0 Å². The number of unbranched alkanes of at least 4 members (excludes halogenated alkanes) is 6. The van der Waals surface area contributed by atoms with Crippen LogP contribution in [0.2, 0.25) is 0 Å². The molecular formula is C39H65N6O6+. The summed E-state index contributed by atoms with van der Waals surface area (Å²) in [5.74, 6) is -0.655. The second-order valence-electron chi connectivity index (χ2n) is 13.3. The third-order valence-electron chi connectivity index (χ3n) is 7.76. The number of ether oxygens (including phenoxy) is 2. The van der Waals surface area contributed by atoms with E-state index >= 15 is 0 Å². The van der Waals surface area contributed by atoms with Crippen molar-refractivity contribution in [2.75, 3.05) is 32.1 Å². The molecule has 0 fully saturated rings. The number of rotatable bonds is 24. The Labute approximate surface area is 305 Å². The molecule has 1 aromatic heterocycles. The minimum atomic E-state index is -0.832. The third kappa shape index (κ3) is 20.2. The summed E-state index contributed by atoms with van der Waals surface area (Å²) in [7, 11) is 1.29. The van der Waals surface area contributed by atoms with Gasteiger partial charge >= 0.3 is 5.97 Å². The molecule has 1 heterocycles. The molecule has 7 N–H and O–H groups in total. The molecule has 2 aromatic rings. The van der Waals surface area contributed by atoms with Gasteiger partial charge in [0.2, 0.25) is 5.91 Å². The van der Waals surface area contributed by atoms with Gasteiger partial charge in [-0.25, -0.2) is 4.79 Å². The number of anilines is 1. The molecule has 0 aliphatic rings. The number of quaternary nitrogens is 1. The summed E-state index contributed by atoms with van der Waals surface area (Å²) in [5.41, 5.74) is 2.08. The number of H-pyrrole nitrogens is 1. The minimum absolute atomic E-state index is 0.0419. The van der Waals surface area contributed by atoms with Gasteiger partial charge in [-0.2, -0.15) is 0 Å². The highest BCUT2D eigenvalue weighted by atomic mass is 16.5. The van der Waals surface area contributed by atoms with Crippen molar-refractivity contribution < 1.29 is 34.0 Å². The summed E-state index contributed by atoms with van der Waals surface area (Å²) in [6.07, 6.45) is 9.70. The van der Waals surface area contributed by atoms with Gasteiger partial charge in [0.1, 0.15) is 17.3 Å².